The highest BCUT2D eigenvalue weighted by atomic mass is 35.5. The number of allylic oxidation sites excluding steroid dienone is 2. The van der Waals surface area contributed by atoms with Crippen LogP contribution in [0.5, 0.6) is 0 Å². The fraction of sp³-hybridized carbons (Fsp3) is 0.207. The summed E-state index contributed by atoms with van der Waals surface area (Å²) in [6, 6.07) is 22.2. The van der Waals surface area contributed by atoms with Gasteiger partial charge in [0.2, 0.25) is 11.8 Å². The number of nitrogens with zero attached hydrogens (tertiary/aromatic N) is 1. The lowest BCUT2D eigenvalue weighted by molar-refractivity contribution is -0.120. The van der Waals surface area contributed by atoms with E-state index in [1.165, 1.54) is 6.92 Å². The van der Waals surface area contributed by atoms with Gasteiger partial charge in [-0.2, -0.15) is 0 Å². The summed E-state index contributed by atoms with van der Waals surface area (Å²) in [6.45, 7) is 1.44. The van der Waals surface area contributed by atoms with E-state index in [4.69, 9.17) is 23.2 Å². The van der Waals surface area contributed by atoms with E-state index in [9.17, 15) is 14.4 Å². The summed E-state index contributed by atoms with van der Waals surface area (Å²) in [4.78, 5) is 40.5. The van der Waals surface area contributed by atoms with Gasteiger partial charge in [-0.15, -0.1) is 0 Å². The van der Waals surface area contributed by atoms with Crippen LogP contribution in [-0.2, 0) is 14.4 Å². The van der Waals surface area contributed by atoms with Crippen molar-refractivity contribution < 1.29 is 14.4 Å². The highest BCUT2D eigenvalue weighted by Gasteiger charge is 2.43. The van der Waals surface area contributed by atoms with Gasteiger partial charge in [-0.05, 0) is 59.9 Å². The molecule has 0 aromatic heterocycles. The molecule has 1 heterocycles. The van der Waals surface area contributed by atoms with Crippen molar-refractivity contribution in [2.75, 3.05) is 10.2 Å². The van der Waals surface area contributed by atoms with Gasteiger partial charge in [-0.3, -0.25) is 19.3 Å². The molecule has 3 aromatic rings. The van der Waals surface area contributed by atoms with E-state index in [1.807, 2.05) is 36.4 Å². The van der Waals surface area contributed by atoms with E-state index in [1.54, 1.807) is 41.3 Å². The average molecular weight is 519 g/mol. The molecule has 5 rings (SSSR count). The molecule has 0 spiro atoms. The monoisotopic (exact) mass is 518 g/mol. The molecule has 0 fully saturated rings. The number of carbonyl (C=O) groups excluding carboxylic acids is 3. The number of benzene rings is 3. The zero-order valence-corrected chi connectivity index (χ0v) is 21.1. The molecule has 1 aliphatic heterocycles. The minimum atomic E-state index is -0.434. The molecule has 5 nitrogen and oxygen atoms in total. The van der Waals surface area contributed by atoms with Crippen LogP contribution in [0, 0.1) is 0 Å². The number of amides is 2. The summed E-state index contributed by atoms with van der Waals surface area (Å²) in [5.41, 5.74) is 4.43. The first-order valence-corrected chi connectivity index (χ1v) is 12.5. The molecule has 0 saturated heterocycles. The van der Waals surface area contributed by atoms with Crippen LogP contribution >= 0.6 is 23.2 Å². The molecular formula is C29H24Cl2N2O3. The van der Waals surface area contributed by atoms with Crippen molar-refractivity contribution in [3.63, 3.8) is 0 Å². The van der Waals surface area contributed by atoms with Crippen molar-refractivity contribution in [1.29, 1.82) is 0 Å². The lowest BCUT2D eigenvalue weighted by Gasteiger charge is -2.40. The molecule has 3 aromatic carbocycles. The Bertz CT molecular complexity index is 1380. The van der Waals surface area contributed by atoms with Gasteiger partial charge in [0.05, 0.1) is 0 Å². The molecule has 1 N–H and O–H groups in total. The number of carbonyl (C=O) groups is 3. The number of halogens is 2. The highest BCUT2D eigenvalue weighted by Crippen LogP contribution is 2.48. The summed E-state index contributed by atoms with van der Waals surface area (Å²) in [6.07, 6.45) is 1.04. The third kappa shape index (κ3) is 4.69. The summed E-state index contributed by atoms with van der Waals surface area (Å²) in [5, 5.41) is 3.69. The third-order valence-corrected chi connectivity index (χ3v) is 7.35. The van der Waals surface area contributed by atoms with E-state index >= 15 is 0 Å². The Kier molecular flexibility index (Phi) is 6.69. The summed E-state index contributed by atoms with van der Waals surface area (Å²) in [7, 11) is 0. The number of anilines is 2. The minimum Gasteiger partial charge on any atom is -0.326 e. The van der Waals surface area contributed by atoms with E-state index in [0.717, 1.165) is 11.1 Å². The number of hydrogen-bond donors (Lipinski definition) is 1. The van der Waals surface area contributed by atoms with Crippen LogP contribution in [0.15, 0.2) is 84.1 Å². The minimum absolute atomic E-state index is 0.0217. The zero-order valence-electron chi connectivity index (χ0n) is 19.6. The Labute approximate surface area is 219 Å². The number of rotatable bonds is 4. The van der Waals surface area contributed by atoms with Crippen LogP contribution in [0.3, 0.4) is 0 Å². The number of hydrogen-bond acceptors (Lipinski definition) is 3. The molecule has 7 heteroatoms. The van der Waals surface area contributed by atoms with Crippen molar-refractivity contribution in [2.24, 2.45) is 0 Å². The van der Waals surface area contributed by atoms with Crippen LogP contribution in [0.25, 0.3) is 0 Å². The van der Waals surface area contributed by atoms with E-state index < -0.39 is 5.92 Å². The second-order valence-electron chi connectivity index (χ2n) is 9.18. The van der Waals surface area contributed by atoms with Crippen LogP contribution < -0.4 is 10.2 Å². The Morgan fingerprint density at radius 3 is 2.31 bits per heavy atom. The van der Waals surface area contributed by atoms with Crippen LogP contribution in [0.1, 0.15) is 49.1 Å². The fourth-order valence-corrected chi connectivity index (χ4v) is 5.78. The first kappa shape index (κ1) is 24.3. The maximum absolute atomic E-state index is 13.7. The first-order chi connectivity index (χ1) is 17.3. The maximum Gasteiger partial charge on any atom is 0.232 e. The summed E-state index contributed by atoms with van der Waals surface area (Å²) < 4.78 is 0. The molecule has 2 amide bonds. The Hall–Kier alpha value is -3.41. The number of Topliss-reactive ketones (excluding diaryl/α,β-unsaturated/α-hetero) is 1. The zero-order chi connectivity index (χ0) is 25.4. The molecule has 0 saturated carbocycles. The smallest absolute Gasteiger partial charge is 0.232 e. The Morgan fingerprint density at radius 2 is 1.64 bits per heavy atom. The van der Waals surface area contributed by atoms with E-state index in [0.29, 0.717) is 45.5 Å². The van der Waals surface area contributed by atoms with Gasteiger partial charge < -0.3 is 5.32 Å². The standard InChI is InChI=1S/C29H24Cl2N2O3/c1-17(34)32-21-8-10-22(11-9-21)33-26-13-19(18-5-3-2-4-6-18)14-27(35)29(26)24(16-28(33)36)23-12-7-20(30)15-25(23)31/h2-12,15,19,24H,13-14,16H2,1H3,(H,32,34). The largest absolute Gasteiger partial charge is 0.326 e. The Balaban J connectivity index is 1.62. The molecule has 0 bridgehead atoms. The molecule has 2 atom stereocenters. The lowest BCUT2D eigenvalue weighted by Crippen LogP contribution is -2.41. The molecule has 1 aliphatic carbocycles. The normalized spacial score (nSPS) is 19.8. The number of nitrogens with one attached hydrogen (secondary N) is 1. The second-order valence-corrected chi connectivity index (χ2v) is 10.0. The average Bonchev–Trinajstić information content (AvgIpc) is 2.84. The quantitative estimate of drug-likeness (QED) is 0.409. The SMILES string of the molecule is CC(=O)Nc1ccc(N2C(=O)CC(c3ccc(Cl)cc3Cl)C3=C2CC(c2ccccc2)CC3=O)cc1. The topological polar surface area (TPSA) is 66.5 Å². The number of ketones is 1. The van der Waals surface area contributed by atoms with Crippen LogP contribution in [0.4, 0.5) is 11.4 Å². The van der Waals surface area contributed by atoms with Crippen molar-refractivity contribution in [2.45, 2.75) is 38.0 Å². The predicted octanol–water partition coefficient (Wildman–Crippen LogP) is 6.87. The van der Waals surface area contributed by atoms with Gasteiger partial charge in [-0.25, -0.2) is 0 Å². The first-order valence-electron chi connectivity index (χ1n) is 11.8. The third-order valence-electron chi connectivity index (χ3n) is 6.78. The van der Waals surface area contributed by atoms with Crippen molar-refractivity contribution in [3.8, 4) is 0 Å². The predicted molar refractivity (Wildman–Crippen MR) is 143 cm³/mol. The molecule has 0 radical (unpaired) electrons. The molecule has 2 aliphatic rings. The van der Waals surface area contributed by atoms with Crippen LogP contribution in [0.2, 0.25) is 10.0 Å². The maximum atomic E-state index is 13.7. The highest BCUT2D eigenvalue weighted by molar-refractivity contribution is 6.35. The molecule has 2 unspecified atom stereocenters. The van der Waals surface area contributed by atoms with Gasteiger partial charge in [0, 0.05) is 58.4 Å². The van der Waals surface area contributed by atoms with Crippen molar-refractivity contribution in [3.05, 3.63) is 105 Å². The van der Waals surface area contributed by atoms with Gasteiger partial charge in [0.1, 0.15) is 0 Å². The van der Waals surface area contributed by atoms with E-state index in [-0.39, 0.29) is 29.9 Å². The van der Waals surface area contributed by atoms with Crippen molar-refractivity contribution >= 4 is 52.2 Å². The summed E-state index contributed by atoms with van der Waals surface area (Å²) >= 11 is 12.7. The van der Waals surface area contributed by atoms with E-state index in [2.05, 4.69) is 5.32 Å². The lowest BCUT2D eigenvalue weighted by atomic mass is 9.72. The fourth-order valence-electron chi connectivity index (χ4n) is 5.24. The van der Waals surface area contributed by atoms with Gasteiger partial charge in [0.15, 0.2) is 5.78 Å². The molecule has 182 valence electrons. The van der Waals surface area contributed by atoms with Crippen molar-refractivity contribution in [1.82, 2.24) is 0 Å². The van der Waals surface area contributed by atoms with Gasteiger partial charge >= 0.3 is 0 Å². The second kappa shape index (κ2) is 9.92. The van der Waals surface area contributed by atoms with Gasteiger partial charge in [-0.1, -0.05) is 59.6 Å². The van der Waals surface area contributed by atoms with Gasteiger partial charge in [0.25, 0.3) is 0 Å². The Morgan fingerprint density at radius 1 is 0.917 bits per heavy atom. The van der Waals surface area contributed by atoms with Crippen LogP contribution in [-0.4, -0.2) is 17.6 Å². The molecular weight excluding hydrogens is 495 g/mol. The summed E-state index contributed by atoms with van der Waals surface area (Å²) in [5.74, 6) is -0.734. The molecule has 36 heavy (non-hydrogen) atoms.